The van der Waals surface area contributed by atoms with Gasteiger partial charge in [0, 0.05) is 28.2 Å². The Hall–Kier alpha value is -4.06. The molecule has 1 atom stereocenters. The van der Waals surface area contributed by atoms with Gasteiger partial charge in [0.25, 0.3) is 5.91 Å². The van der Waals surface area contributed by atoms with Crippen molar-refractivity contribution in [1.29, 1.82) is 0 Å². The topological polar surface area (TPSA) is 69.6 Å². The number of hydrogen-bond donors (Lipinski definition) is 1. The highest BCUT2D eigenvalue weighted by molar-refractivity contribution is 5.99. The van der Waals surface area contributed by atoms with Gasteiger partial charge in [-0.3, -0.25) is 4.79 Å². The summed E-state index contributed by atoms with van der Waals surface area (Å²) in [5.74, 6) is 0.0880. The van der Waals surface area contributed by atoms with Crippen molar-refractivity contribution in [2.75, 3.05) is 7.11 Å². The second-order valence-electron chi connectivity index (χ2n) is 13.3. The van der Waals surface area contributed by atoms with Crippen LogP contribution in [0.4, 0.5) is 0 Å². The van der Waals surface area contributed by atoms with E-state index in [1.54, 1.807) is 13.8 Å². The fourth-order valence-electron chi connectivity index (χ4n) is 5.68. The summed E-state index contributed by atoms with van der Waals surface area (Å²) >= 11 is 0. The molecule has 0 fully saturated rings. The van der Waals surface area contributed by atoms with Gasteiger partial charge in [0.2, 0.25) is 0 Å². The summed E-state index contributed by atoms with van der Waals surface area (Å²) in [5, 5.41) is 4.33. The van der Waals surface area contributed by atoms with Crippen molar-refractivity contribution < 1.29 is 19.1 Å². The number of nitrogens with zero attached hydrogens (tertiary/aromatic N) is 1. The standard InChI is InChI=1S/C37H46N2O4/c1-23(2)39-25(4)32(20-26-13-11-16-30(19-26)43-37(8,9)35(41)42-10)31-18-17-28(22-33(31)39)34(40)38-24(3)27-14-12-15-29(21-27)36(5,6)7/h11-19,21-24H,20H2,1-10H3,(H,38,40)/t24-/m0/s1. The highest BCUT2D eigenvalue weighted by Gasteiger charge is 2.31. The van der Waals surface area contributed by atoms with Crippen LogP contribution in [0.15, 0.2) is 66.7 Å². The first-order valence-electron chi connectivity index (χ1n) is 15.0. The number of esters is 1. The van der Waals surface area contributed by atoms with Crippen molar-refractivity contribution in [3.05, 3.63) is 100 Å². The number of amides is 1. The van der Waals surface area contributed by atoms with Crippen LogP contribution in [0.25, 0.3) is 10.9 Å². The van der Waals surface area contributed by atoms with E-state index in [9.17, 15) is 9.59 Å². The van der Waals surface area contributed by atoms with Crippen LogP contribution in [-0.2, 0) is 21.4 Å². The summed E-state index contributed by atoms with van der Waals surface area (Å²) in [7, 11) is 1.36. The molecule has 0 aliphatic heterocycles. The van der Waals surface area contributed by atoms with Gasteiger partial charge < -0.3 is 19.4 Å². The van der Waals surface area contributed by atoms with Crippen LogP contribution in [0.3, 0.4) is 0 Å². The summed E-state index contributed by atoms with van der Waals surface area (Å²) in [4.78, 5) is 25.6. The van der Waals surface area contributed by atoms with Crippen LogP contribution >= 0.6 is 0 Å². The van der Waals surface area contributed by atoms with Gasteiger partial charge in [0.1, 0.15) is 5.75 Å². The van der Waals surface area contributed by atoms with Gasteiger partial charge in [-0.25, -0.2) is 4.79 Å². The minimum absolute atomic E-state index is 0.0383. The number of carbonyl (C=O) groups excluding carboxylic acids is 2. The van der Waals surface area contributed by atoms with Crippen LogP contribution in [0.1, 0.15) is 106 Å². The molecule has 6 heteroatoms. The number of ether oxygens (including phenoxy) is 2. The molecule has 6 nitrogen and oxygen atoms in total. The maximum atomic E-state index is 13.5. The molecular formula is C37H46N2O4. The minimum Gasteiger partial charge on any atom is -0.476 e. The summed E-state index contributed by atoms with van der Waals surface area (Å²) in [6.45, 7) is 18.5. The molecular weight excluding hydrogens is 536 g/mol. The van der Waals surface area contributed by atoms with Gasteiger partial charge in [-0.05, 0) is 99.9 Å². The van der Waals surface area contributed by atoms with Crippen LogP contribution in [0.2, 0.25) is 0 Å². The zero-order valence-electron chi connectivity index (χ0n) is 27.3. The molecule has 0 saturated carbocycles. The molecule has 0 spiro atoms. The van der Waals surface area contributed by atoms with E-state index in [0.29, 0.717) is 17.7 Å². The third-order valence-electron chi connectivity index (χ3n) is 8.09. The number of methoxy groups -OCH3 is 1. The molecule has 0 radical (unpaired) electrons. The van der Waals surface area contributed by atoms with Crippen molar-refractivity contribution in [3.8, 4) is 5.75 Å². The van der Waals surface area contributed by atoms with Crippen LogP contribution in [0, 0.1) is 6.92 Å². The van der Waals surface area contributed by atoms with E-state index in [2.05, 4.69) is 87.8 Å². The number of benzene rings is 3. The largest absolute Gasteiger partial charge is 0.476 e. The Labute approximate surface area is 256 Å². The molecule has 0 saturated heterocycles. The number of aromatic nitrogens is 1. The number of fused-ring (bicyclic) bond motifs is 1. The van der Waals surface area contributed by atoms with Gasteiger partial charge in [-0.1, -0.05) is 63.2 Å². The summed E-state index contributed by atoms with van der Waals surface area (Å²) in [5.41, 5.74) is 6.38. The number of rotatable bonds is 9. The first-order valence-corrected chi connectivity index (χ1v) is 15.0. The third kappa shape index (κ3) is 6.96. The predicted molar refractivity (Wildman–Crippen MR) is 174 cm³/mol. The zero-order chi connectivity index (χ0) is 31.7. The smallest absolute Gasteiger partial charge is 0.349 e. The summed E-state index contributed by atoms with van der Waals surface area (Å²) in [6.07, 6.45) is 0.685. The molecule has 43 heavy (non-hydrogen) atoms. The Morgan fingerprint density at radius 2 is 1.60 bits per heavy atom. The molecule has 0 aliphatic rings. The fraction of sp³-hybridized carbons (Fsp3) is 0.405. The van der Waals surface area contributed by atoms with E-state index in [4.69, 9.17) is 9.47 Å². The van der Waals surface area contributed by atoms with Crippen molar-refractivity contribution in [3.63, 3.8) is 0 Å². The SMILES string of the molecule is COC(=O)C(C)(C)Oc1cccc(Cc2c(C)n(C(C)C)c3cc(C(=O)N[C@@H](C)c4cccc(C(C)(C)C)c4)ccc23)c1. The zero-order valence-corrected chi connectivity index (χ0v) is 27.3. The first-order chi connectivity index (χ1) is 20.1. The quantitative estimate of drug-likeness (QED) is 0.202. The van der Waals surface area contributed by atoms with Gasteiger partial charge in [0.05, 0.1) is 13.2 Å². The molecule has 0 aliphatic carbocycles. The molecule has 0 unspecified atom stereocenters. The molecule has 4 rings (SSSR count). The molecule has 3 aromatic carbocycles. The van der Waals surface area contributed by atoms with E-state index in [1.165, 1.54) is 18.2 Å². The average molecular weight is 583 g/mol. The van der Waals surface area contributed by atoms with Gasteiger partial charge in [-0.2, -0.15) is 0 Å². The molecule has 0 bridgehead atoms. The number of carbonyl (C=O) groups is 2. The lowest BCUT2D eigenvalue weighted by Gasteiger charge is -2.23. The summed E-state index contributed by atoms with van der Waals surface area (Å²) < 4.78 is 13.2. The Balaban J connectivity index is 1.63. The van der Waals surface area contributed by atoms with Crippen molar-refractivity contribution in [1.82, 2.24) is 9.88 Å². The second-order valence-corrected chi connectivity index (χ2v) is 13.3. The number of nitrogens with one attached hydrogen (secondary N) is 1. The van der Waals surface area contributed by atoms with Crippen molar-refractivity contribution >= 4 is 22.8 Å². The second kappa shape index (κ2) is 12.3. The van der Waals surface area contributed by atoms with Crippen LogP contribution in [-0.4, -0.2) is 29.2 Å². The van der Waals surface area contributed by atoms with E-state index in [-0.39, 0.29) is 23.4 Å². The first kappa shape index (κ1) is 31.9. The van der Waals surface area contributed by atoms with E-state index in [1.807, 2.05) is 37.3 Å². The minimum atomic E-state index is -1.10. The molecule has 1 N–H and O–H groups in total. The predicted octanol–water partition coefficient (Wildman–Crippen LogP) is 8.24. The lowest BCUT2D eigenvalue weighted by molar-refractivity contribution is -0.156. The van der Waals surface area contributed by atoms with Crippen LogP contribution in [0.5, 0.6) is 5.75 Å². The van der Waals surface area contributed by atoms with Gasteiger partial charge in [0.15, 0.2) is 5.60 Å². The fourth-order valence-corrected chi connectivity index (χ4v) is 5.68. The molecule has 1 amide bonds. The van der Waals surface area contributed by atoms with E-state index in [0.717, 1.165) is 27.7 Å². The molecule has 4 aromatic rings. The van der Waals surface area contributed by atoms with E-state index >= 15 is 0 Å². The lowest BCUT2D eigenvalue weighted by Crippen LogP contribution is -2.39. The van der Waals surface area contributed by atoms with Gasteiger partial charge >= 0.3 is 5.97 Å². The molecule has 228 valence electrons. The Kier molecular flexibility index (Phi) is 9.10. The molecule has 1 aromatic heterocycles. The maximum Gasteiger partial charge on any atom is 0.349 e. The van der Waals surface area contributed by atoms with Crippen molar-refractivity contribution in [2.24, 2.45) is 0 Å². The lowest BCUT2D eigenvalue weighted by atomic mass is 9.85. The average Bonchev–Trinajstić information content (AvgIpc) is 3.22. The Morgan fingerprint density at radius 1 is 0.907 bits per heavy atom. The highest BCUT2D eigenvalue weighted by Crippen LogP contribution is 2.33. The van der Waals surface area contributed by atoms with E-state index < -0.39 is 11.6 Å². The van der Waals surface area contributed by atoms with Crippen LogP contribution < -0.4 is 10.1 Å². The normalized spacial score (nSPS) is 12.8. The highest BCUT2D eigenvalue weighted by atomic mass is 16.6. The summed E-state index contributed by atoms with van der Waals surface area (Å²) in [6, 6.07) is 22.4. The monoisotopic (exact) mass is 582 g/mol. The Morgan fingerprint density at radius 3 is 2.26 bits per heavy atom. The maximum absolute atomic E-state index is 13.5. The molecule has 1 heterocycles. The van der Waals surface area contributed by atoms with Crippen molar-refractivity contribution in [2.45, 2.75) is 91.8 Å². The Bertz CT molecular complexity index is 1640. The third-order valence-corrected chi connectivity index (χ3v) is 8.09. The van der Waals surface area contributed by atoms with Gasteiger partial charge in [-0.15, -0.1) is 0 Å². The number of hydrogen-bond acceptors (Lipinski definition) is 4.